The molecular formula is C32H39Cl2N3O5S. The summed E-state index contributed by atoms with van der Waals surface area (Å²) in [5.74, 6) is 0.00591. The van der Waals surface area contributed by atoms with Crippen LogP contribution in [-0.2, 0) is 32.6 Å². The first-order chi connectivity index (χ1) is 20.4. The Bertz CT molecular complexity index is 1450. The summed E-state index contributed by atoms with van der Waals surface area (Å²) in [5, 5.41) is 3.71. The number of nitrogens with one attached hydrogen (secondary N) is 1. The fraction of sp³-hybridized carbons (Fsp3) is 0.375. The zero-order valence-electron chi connectivity index (χ0n) is 24.9. The Balaban J connectivity index is 1.90. The Morgan fingerprint density at radius 3 is 2.12 bits per heavy atom. The van der Waals surface area contributed by atoms with Crippen LogP contribution in [0, 0.1) is 0 Å². The van der Waals surface area contributed by atoms with E-state index in [0.29, 0.717) is 33.7 Å². The van der Waals surface area contributed by atoms with Crippen LogP contribution in [0.15, 0.2) is 72.8 Å². The topological polar surface area (TPSA) is 96.0 Å². The molecule has 0 aliphatic rings. The van der Waals surface area contributed by atoms with Gasteiger partial charge in [-0.15, -0.1) is 0 Å². The molecule has 3 aromatic carbocycles. The minimum absolute atomic E-state index is 0.00856. The predicted octanol–water partition coefficient (Wildman–Crippen LogP) is 6.10. The fourth-order valence-electron chi connectivity index (χ4n) is 4.67. The van der Waals surface area contributed by atoms with Crippen molar-refractivity contribution in [1.82, 2.24) is 10.2 Å². The number of hydrogen-bond donors (Lipinski definition) is 1. The third-order valence-corrected chi connectivity index (χ3v) is 8.58. The molecule has 11 heteroatoms. The normalized spacial score (nSPS) is 12.1. The maximum absolute atomic E-state index is 14.0. The quantitative estimate of drug-likeness (QED) is 0.215. The van der Waals surface area contributed by atoms with Crippen molar-refractivity contribution >= 4 is 50.7 Å². The number of nitrogens with zero attached hydrogens (tertiary/aromatic N) is 2. The summed E-state index contributed by atoms with van der Waals surface area (Å²) in [4.78, 5) is 29.0. The van der Waals surface area contributed by atoms with Gasteiger partial charge in [0.2, 0.25) is 21.8 Å². The lowest BCUT2D eigenvalue weighted by atomic mass is 10.0. The second-order valence-electron chi connectivity index (χ2n) is 10.5. The van der Waals surface area contributed by atoms with Crippen LogP contribution >= 0.6 is 23.2 Å². The van der Waals surface area contributed by atoms with E-state index in [0.717, 1.165) is 11.8 Å². The first-order valence-corrected chi connectivity index (χ1v) is 16.8. The van der Waals surface area contributed by atoms with E-state index in [1.54, 1.807) is 42.5 Å². The molecule has 3 aromatic rings. The highest BCUT2D eigenvalue weighted by Gasteiger charge is 2.31. The molecule has 3 rings (SSSR count). The third kappa shape index (κ3) is 10.2. The highest BCUT2D eigenvalue weighted by molar-refractivity contribution is 7.92. The van der Waals surface area contributed by atoms with Crippen LogP contribution in [0.2, 0.25) is 10.0 Å². The number of amides is 2. The molecule has 0 heterocycles. The number of halogens is 2. The first kappa shape index (κ1) is 34.2. The van der Waals surface area contributed by atoms with Gasteiger partial charge in [0.15, 0.2) is 0 Å². The van der Waals surface area contributed by atoms with E-state index in [2.05, 4.69) is 5.32 Å². The predicted molar refractivity (Wildman–Crippen MR) is 173 cm³/mol. The van der Waals surface area contributed by atoms with Gasteiger partial charge in [-0.05, 0) is 69.2 Å². The molecule has 0 fully saturated rings. The van der Waals surface area contributed by atoms with E-state index < -0.39 is 16.1 Å². The number of hydrogen-bond acceptors (Lipinski definition) is 5. The van der Waals surface area contributed by atoms with Gasteiger partial charge in [-0.2, -0.15) is 0 Å². The molecule has 2 amide bonds. The van der Waals surface area contributed by atoms with E-state index in [4.69, 9.17) is 27.9 Å². The molecule has 0 aliphatic heterocycles. The Hall–Kier alpha value is -3.27. The lowest BCUT2D eigenvalue weighted by Crippen LogP contribution is -2.52. The van der Waals surface area contributed by atoms with Crippen molar-refractivity contribution in [2.24, 2.45) is 0 Å². The molecule has 0 radical (unpaired) electrons. The van der Waals surface area contributed by atoms with Gasteiger partial charge >= 0.3 is 0 Å². The van der Waals surface area contributed by atoms with Crippen molar-refractivity contribution in [3.8, 4) is 5.75 Å². The minimum atomic E-state index is -3.64. The lowest BCUT2D eigenvalue weighted by Gasteiger charge is -2.33. The number of benzene rings is 3. The molecule has 1 atom stereocenters. The standard InChI is InChI=1S/C32H39Cl2N3O5S/c1-5-42-26-18-16-25(17-19-26)37(43(4,40)41)20-10-15-31(38)36(22-27-28(33)13-9-14-29(27)34)30(32(39)35-23(2)3)21-24-11-7-6-8-12-24/h6-9,11-14,16-19,23,30H,5,10,15,20-22H2,1-4H3,(H,35,39)/t30-/m0/s1. The molecule has 0 bridgehead atoms. The summed E-state index contributed by atoms with van der Waals surface area (Å²) < 4.78 is 32.1. The summed E-state index contributed by atoms with van der Waals surface area (Å²) >= 11 is 13.0. The van der Waals surface area contributed by atoms with Gasteiger partial charge in [-0.1, -0.05) is 59.6 Å². The van der Waals surface area contributed by atoms with Crippen molar-refractivity contribution in [1.29, 1.82) is 0 Å². The minimum Gasteiger partial charge on any atom is -0.494 e. The van der Waals surface area contributed by atoms with E-state index in [9.17, 15) is 18.0 Å². The first-order valence-electron chi connectivity index (χ1n) is 14.2. The average molecular weight is 649 g/mol. The number of rotatable bonds is 15. The summed E-state index contributed by atoms with van der Waals surface area (Å²) in [7, 11) is -3.64. The number of carbonyl (C=O) groups excluding carboxylic acids is 2. The molecule has 0 aliphatic carbocycles. The third-order valence-electron chi connectivity index (χ3n) is 6.68. The highest BCUT2D eigenvalue weighted by Crippen LogP contribution is 2.28. The zero-order chi connectivity index (χ0) is 31.6. The van der Waals surface area contributed by atoms with Crippen molar-refractivity contribution in [2.75, 3.05) is 23.7 Å². The van der Waals surface area contributed by atoms with Crippen molar-refractivity contribution in [3.63, 3.8) is 0 Å². The van der Waals surface area contributed by atoms with Gasteiger partial charge in [0.1, 0.15) is 11.8 Å². The molecule has 0 unspecified atom stereocenters. The second kappa shape index (κ2) is 16.0. The number of anilines is 1. The van der Waals surface area contributed by atoms with Crippen LogP contribution in [0.4, 0.5) is 5.69 Å². The van der Waals surface area contributed by atoms with Crippen molar-refractivity contribution < 1.29 is 22.7 Å². The Morgan fingerprint density at radius 1 is 0.930 bits per heavy atom. The van der Waals surface area contributed by atoms with Gasteiger partial charge in [-0.25, -0.2) is 8.42 Å². The fourth-order valence-corrected chi connectivity index (χ4v) is 6.15. The molecule has 8 nitrogen and oxygen atoms in total. The van der Waals surface area contributed by atoms with E-state index >= 15 is 0 Å². The Kier molecular flexibility index (Phi) is 12.7. The van der Waals surface area contributed by atoms with E-state index in [1.807, 2.05) is 51.1 Å². The smallest absolute Gasteiger partial charge is 0.243 e. The molecular weight excluding hydrogens is 609 g/mol. The van der Waals surface area contributed by atoms with Crippen LogP contribution in [0.5, 0.6) is 5.75 Å². The maximum atomic E-state index is 14.0. The molecule has 0 spiro atoms. The highest BCUT2D eigenvalue weighted by atomic mass is 35.5. The van der Waals surface area contributed by atoms with Gasteiger partial charge < -0.3 is 15.0 Å². The monoisotopic (exact) mass is 647 g/mol. The largest absolute Gasteiger partial charge is 0.494 e. The molecule has 1 N–H and O–H groups in total. The van der Waals surface area contributed by atoms with Crippen LogP contribution in [0.3, 0.4) is 0 Å². The van der Waals surface area contributed by atoms with E-state index in [1.165, 1.54) is 9.21 Å². The lowest BCUT2D eigenvalue weighted by molar-refractivity contribution is -0.141. The summed E-state index contributed by atoms with van der Waals surface area (Å²) in [6, 6.07) is 20.3. The van der Waals surface area contributed by atoms with Crippen molar-refractivity contribution in [3.05, 3.63) is 94.0 Å². The van der Waals surface area contributed by atoms with Crippen molar-refractivity contribution in [2.45, 2.75) is 58.7 Å². The Morgan fingerprint density at radius 2 is 1.56 bits per heavy atom. The van der Waals surface area contributed by atoms with Crippen LogP contribution in [0.25, 0.3) is 0 Å². The number of sulfonamides is 1. The molecule has 0 saturated carbocycles. The molecule has 0 saturated heterocycles. The molecule has 43 heavy (non-hydrogen) atoms. The summed E-state index contributed by atoms with van der Waals surface area (Å²) in [6.07, 6.45) is 1.61. The van der Waals surface area contributed by atoms with Gasteiger partial charge in [0.05, 0.1) is 18.6 Å². The summed E-state index contributed by atoms with van der Waals surface area (Å²) in [6.45, 7) is 6.15. The number of ether oxygens (including phenoxy) is 1. The molecule has 232 valence electrons. The van der Waals surface area contributed by atoms with Crippen LogP contribution < -0.4 is 14.4 Å². The van der Waals surface area contributed by atoms with Gasteiger partial charge in [0.25, 0.3) is 0 Å². The number of carbonyl (C=O) groups is 2. The average Bonchev–Trinajstić information content (AvgIpc) is 2.94. The second-order valence-corrected chi connectivity index (χ2v) is 13.2. The Labute approximate surface area is 265 Å². The van der Waals surface area contributed by atoms with Gasteiger partial charge in [0, 0.05) is 47.6 Å². The van der Waals surface area contributed by atoms with Crippen LogP contribution in [0.1, 0.15) is 44.7 Å². The molecule has 0 aromatic heterocycles. The maximum Gasteiger partial charge on any atom is 0.243 e. The van der Waals surface area contributed by atoms with Gasteiger partial charge in [-0.3, -0.25) is 13.9 Å². The summed E-state index contributed by atoms with van der Waals surface area (Å²) in [5.41, 5.74) is 1.88. The van der Waals surface area contributed by atoms with E-state index in [-0.39, 0.29) is 50.2 Å². The SMILES string of the molecule is CCOc1ccc(N(CCCC(=O)N(Cc2c(Cl)cccc2Cl)[C@@H](Cc2ccccc2)C(=O)NC(C)C)S(C)(=O)=O)cc1. The zero-order valence-corrected chi connectivity index (χ0v) is 27.3. The van der Waals surface area contributed by atoms with Crippen LogP contribution in [-0.4, -0.2) is 56.6 Å².